The molecule has 0 aromatic carbocycles. The Morgan fingerprint density at radius 3 is 0.625 bits per heavy atom. The second kappa shape index (κ2) is 3.05. The average molecular weight is 442 g/mol. The minimum atomic E-state index is -5.38. The molecule has 8 heavy (non-hydrogen) atoms. The number of hydrogen-bond acceptors (Lipinski definition) is 0. The van der Waals surface area contributed by atoms with Crippen LogP contribution in [0.15, 0.2) is 0 Å². The summed E-state index contributed by atoms with van der Waals surface area (Å²) in [5, 5.41) is 0. The van der Waals surface area contributed by atoms with Gasteiger partial charge in [0.15, 0.2) is 0 Å². The van der Waals surface area contributed by atoms with Crippen LogP contribution in [-0.4, -0.2) is 0 Å². The molecule has 51 valence electrons. The molecule has 0 bridgehead atoms. The Kier molecular flexibility index (Phi) is 5.55. The van der Waals surface area contributed by atoms with E-state index in [1.807, 2.05) is 0 Å². The normalized spacial score (nSPS) is 20.2. The van der Waals surface area contributed by atoms with Crippen molar-refractivity contribution in [2.24, 2.45) is 0 Å². The molecular weight excluding hydrogens is 442 g/mol. The van der Waals surface area contributed by atoms with Crippen LogP contribution >= 0.6 is 57.8 Å². The van der Waals surface area contributed by atoms with Crippen LogP contribution in [0.5, 0.6) is 0 Å². The third-order valence-electron chi connectivity index (χ3n) is 0. The fourth-order valence-corrected chi connectivity index (χ4v) is 0. The Bertz CT molecular complexity index is 67.1. The topological polar surface area (TPSA) is 0 Å². The molecule has 0 aromatic rings. The molecule has 0 saturated heterocycles. The van der Waals surface area contributed by atoms with Gasteiger partial charge in [0.05, 0.1) is 0 Å². The summed E-state index contributed by atoms with van der Waals surface area (Å²) in [6.07, 6.45) is 0. The average Bonchev–Trinajstić information content (AvgIpc) is 0.592. The quantitative estimate of drug-likeness (QED) is 0.494. The summed E-state index contributed by atoms with van der Waals surface area (Å²) >= 11 is 0. The van der Waals surface area contributed by atoms with Crippen LogP contribution < -0.4 is 51.4 Å². The van der Waals surface area contributed by atoms with Crippen LogP contribution in [0.4, 0.5) is 0 Å². The van der Waals surface area contributed by atoms with Crippen LogP contribution in [0.2, 0.25) is 0 Å². The molecule has 0 aromatic heterocycles. The number of hydrogen-bond donors (Lipinski definition) is 0. The Morgan fingerprint density at radius 1 is 0.625 bits per heavy atom. The van der Waals surface area contributed by atoms with Gasteiger partial charge in [-0.3, -0.25) is 0 Å². The van der Waals surface area contributed by atoms with Gasteiger partial charge >= 0.3 is 116 Å². The first kappa shape index (κ1) is 14.5. The van der Waals surface area contributed by atoms with E-state index in [2.05, 4.69) is 0 Å². The second-order valence-electron chi connectivity index (χ2n) is 0.758. The van der Waals surface area contributed by atoms with Crippen molar-refractivity contribution in [1.29, 1.82) is 0 Å². The van der Waals surface area contributed by atoms with Crippen molar-refractivity contribution in [1.82, 2.24) is 0 Å². The standard InChI is InChI=1S/6ClH.K.Os/h6*1H;;/q;;;;;;+1;+5/p-6. The summed E-state index contributed by atoms with van der Waals surface area (Å²) in [4.78, 5) is 0. The molecule has 0 atom stereocenters. The van der Waals surface area contributed by atoms with Gasteiger partial charge < -0.3 is 0 Å². The molecule has 0 nitrogen and oxygen atoms in total. The fraction of sp³-hybridized carbons (Fsp3) is 0. The molecular formula is Cl6KOs. The zero-order chi connectivity index (χ0) is 6.41. The van der Waals surface area contributed by atoms with Crippen LogP contribution in [0.25, 0.3) is 0 Å². The van der Waals surface area contributed by atoms with Crippen molar-refractivity contribution >= 4 is 57.8 Å². The predicted octanol–water partition coefficient (Wildman–Crippen LogP) is 1.14. The van der Waals surface area contributed by atoms with E-state index in [-0.39, 0.29) is 51.4 Å². The third kappa shape index (κ3) is 50.5. The van der Waals surface area contributed by atoms with Gasteiger partial charge in [0, 0.05) is 0 Å². The maximum absolute atomic E-state index is 5.38. The van der Waals surface area contributed by atoms with Crippen LogP contribution in [0, 0.1) is 0 Å². The molecule has 0 heterocycles. The summed E-state index contributed by atoms with van der Waals surface area (Å²) in [6, 6.07) is 0. The third-order valence-corrected chi connectivity index (χ3v) is 0. The maximum atomic E-state index is 5.06. The zero-order valence-corrected chi connectivity index (χ0v) is 13.8. The molecule has 0 radical (unpaired) electrons. The first-order valence-electron chi connectivity index (χ1n) is 0.802. The Balaban J connectivity index is 0. The van der Waals surface area contributed by atoms with Crippen LogP contribution in [-0.2, 0) is 6.64 Å². The van der Waals surface area contributed by atoms with Crippen LogP contribution in [0.1, 0.15) is 0 Å². The van der Waals surface area contributed by atoms with E-state index in [0.717, 1.165) is 0 Å². The van der Waals surface area contributed by atoms with E-state index in [0.29, 0.717) is 0 Å². The SMILES string of the molecule is [Cl][Os-]([Cl])([Cl])([Cl])([Cl])[Cl].[K+]. The van der Waals surface area contributed by atoms with E-state index >= 15 is 0 Å². The minimum absolute atomic E-state index is 0. The van der Waals surface area contributed by atoms with Gasteiger partial charge in [-0.05, 0) is 0 Å². The molecule has 0 aliphatic carbocycles. The summed E-state index contributed by atoms with van der Waals surface area (Å²) in [7, 11) is 30.4. The van der Waals surface area contributed by atoms with E-state index in [1.165, 1.54) is 0 Å². The molecule has 0 fully saturated rings. The molecule has 0 saturated carbocycles. The van der Waals surface area contributed by atoms with Gasteiger partial charge in [0.2, 0.25) is 0 Å². The van der Waals surface area contributed by atoms with Crippen molar-refractivity contribution in [2.75, 3.05) is 0 Å². The number of rotatable bonds is 0. The Morgan fingerprint density at radius 2 is 0.625 bits per heavy atom. The smallest absolute Gasteiger partial charge is 1.00 e. The van der Waals surface area contributed by atoms with Crippen molar-refractivity contribution in [3.05, 3.63) is 0 Å². The first-order chi connectivity index (χ1) is 2.45. The van der Waals surface area contributed by atoms with Gasteiger partial charge in [-0.1, -0.05) is 0 Å². The van der Waals surface area contributed by atoms with E-state index in [4.69, 9.17) is 57.8 Å². The van der Waals surface area contributed by atoms with Gasteiger partial charge in [-0.2, -0.15) is 0 Å². The monoisotopic (exact) mass is 441 g/mol. The molecule has 0 aliphatic rings. The van der Waals surface area contributed by atoms with Crippen molar-refractivity contribution in [3.63, 3.8) is 0 Å². The summed E-state index contributed by atoms with van der Waals surface area (Å²) in [5.74, 6) is 0. The molecule has 0 spiro atoms. The van der Waals surface area contributed by atoms with Gasteiger partial charge in [0.25, 0.3) is 0 Å². The number of halogens is 6. The molecule has 0 N–H and O–H groups in total. The van der Waals surface area contributed by atoms with E-state index in [1.54, 1.807) is 0 Å². The fourth-order valence-electron chi connectivity index (χ4n) is 0. The molecule has 0 rings (SSSR count). The van der Waals surface area contributed by atoms with E-state index < -0.39 is 6.64 Å². The zero-order valence-electron chi connectivity index (χ0n) is 3.62. The van der Waals surface area contributed by atoms with E-state index in [9.17, 15) is 0 Å². The summed E-state index contributed by atoms with van der Waals surface area (Å²) < 4.78 is 0. The van der Waals surface area contributed by atoms with Crippen molar-refractivity contribution < 1.29 is 58.0 Å². The first-order valence-corrected chi connectivity index (χ1v) is 19.7. The van der Waals surface area contributed by atoms with Gasteiger partial charge in [-0.25, -0.2) is 0 Å². The largest absolute Gasteiger partial charge is 1.00 e. The Hall–Kier alpha value is 4.01. The van der Waals surface area contributed by atoms with Gasteiger partial charge in [0.1, 0.15) is 0 Å². The van der Waals surface area contributed by atoms with Crippen LogP contribution in [0.3, 0.4) is 0 Å². The molecule has 0 aliphatic heterocycles. The Labute approximate surface area is 113 Å². The van der Waals surface area contributed by atoms with Gasteiger partial charge in [-0.15, -0.1) is 0 Å². The molecule has 0 amide bonds. The van der Waals surface area contributed by atoms with Crippen molar-refractivity contribution in [3.8, 4) is 0 Å². The molecule has 0 unspecified atom stereocenters. The molecule has 8 heteroatoms. The maximum Gasteiger partial charge on any atom is 1.00 e. The summed E-state index contributed by atoms with van der Waals surface area (Å²) in [5.41, 5.74) is 0. The minimum Gasteiger partial charge on any atom is 1.00 e. The van der Waals surface area contributed by atoms with Crippen molar-refractivity contribution in [2.45, 2.75) is 0 Å². The second-order valence-corrected chi connectivity index (χ2v) is 55.8. The predicted molar refractivity (Wildman–Crippen MR) is 35.1 cm³/mol. The summed E-state index contributed by atoms with van der Waals surface area (Å²) in [6.45, 7) is -5.38.